The second-order valence-corrected chi connectivity index (χ2v) is 5.62. The van der Waals surface area contributed by atoms with Crippen LogP contribution in [0.5, 0.6) is 0 Å². The maximum atomic E-state index is 5.88. The SMILES string of the molecule is Cc1cncc(C2CCCN2Cc2ccc(Cl)cn2)n1. The van der Waals surface area contributed by atoms with Crippen molar-refractivity contribution in [1.82, 2.24) is 19.9 Å². The molecular formula is C15H17ClN4. The van der Waals surface area contributed by atoms with Crippen LogP contribution >= 0.6 is 11.6 Å². The molecule has 4 nitrogen and oxygen atoms in total. The molecule has 0 spiro atoms. The van der Waals surface area contributed by atoms with Crippen molar-refractivity contribution >= 4 is 11.6 Å². The van der Waals surface area contributed by atoms with Crippen LogP contribution in [0.15, 0.2) is 30.7 Å². The second-order valence-electron chi connectivity index (χ2n) is 5.18. The Bertz CT molecular complexity index is 585. The predicted molar refractivity (Wildman–Crippen MR) is 78.4 cm³/mol. The van der Waals surface area contributed by atoms with E-state index in [1.54, 1.807) is 12.4 Å². The first-order chi connectivity index (χ1) is 9.72. The minimum Gasteiger partial charge on any atom is -0.289 e. The third-order valence-corrected chi connectivity index (χ3v) is 3.86. The molecule has 2 aromatic rings. The Morgan fingerprint density at radius 2 is 2.20 bits per heavy atom. The lowest BCUT2D eigenvalue weighted by atomic mass is 10.1. The molecule has 20 heavy (non-hydrogen) atoms. The molecule has 3 heterocycles. The van der Waals surface area contributed by atoms with E-state index in [0.29, 0.717) is 11.1 Å². The van der Waals surface area contributed by atoms with Gasteiger partial charge in [0.1, 0.15) is 0 Å². The summed E-state index contributed by atoms with van der Waals surface area (Å²) in [5.41, 5.74) is 3.08. The quantitative estimate of drug-likeness (QED) is 0.870. The highest BCUT2D eigenvalue weighted by atomic mass is 35.5. The molecule has 1 aliphatic heterocycles. The van der Waals surface area contributed by atoms with Crippen LogP contribution in [-0.2, 0) is 6.54 Å². The molecule has 0 saturated carbocycles. The molecule has 3 rings (SSSR count). The fourth-order valence-corrected chi connectivity index (χ4v) is 2.81. The first-order valence-corrected chi connectivity index (χ1v) is 7.23. The van der Waals surface area contributed by atoms with Gasteiger partial charge >= 0.3 is 0 Å². The minimum atomic E-state index is 0.347. The van der Waals surface area contributed by atoms with E-state index in [4.69, 9.17) is 11.6 Å². The van der Waals surface area contributed by atoms with Gasteiger partial charge in [-0.15, -0.1) is 0 Å². The van der Waals surface area contributed by atoms with Crippen molar-refractivity contribution in [1.29, 1.82) is 0 Å². The maximum absolute atomic E-state index is 5.88. The second kappa shape index (κ2) is 5.85. The summed E-state index contributed by atoms with van der Waals surface area (Å²) in [4.78, 5) is 15.7. The highest BCUT2D eigenvalue weighted by molar-refractivity contribution is 6.30. The van der Waals surface area contributed by atoms with Gasteiger partial charge in [-0.2, -0.15) is 0 Å². The van der Waals surface area contributed by atoms with Crippen LogP contribution in [0.3, 0.4) is 0 Å². The van der Waals surface area contributed by atoms with E-state index in [9.17, 15) is 0 Å². The van der Waals surface area contributed by atoms with Gasteiger partial charge in [-0.3, -0.25) is 19.9 Å². The highest BCUT2D eigenvalue weighted by Crippen LogP contribution is 2.31. The molecular weight excluding hydrogens is 272 g/mol. The van der Waals surface area contributed by atoms with Gasteiger partial charge in [0, 0.05) is 25.1 Å². The number of hydrogen-bond donors (Lipinski definition) is 0. The molecule has 0 N–H and O–H groups in total. The monoisotopic (exact) mass is 288 g/mol. The molecule has 0 aromatic carbocycles. The van der Waals surface area contributed by atoms with Gasteiger partial charge in [-0.25, -0.2) is 0 Å². The lowest BCUT2D eigenvalue weighted by Gasteiger charge is -2.23. The van der Waals surface area contributed by atoms with E-state index < -0.39 is 0 Å². The van der Waals surface area contributed by atoms with E-state index >= 15 is 0 Å². The first kappa shape index (κ1) is 13.5. The van der Waals surface area contributed by atoms with Gasteiger partial charge in [0.15, 0.2) is 0 Å². The van der Waals surface area contributed by atoms with Gasteiger partial charge in [0.05, 0.1) is 28.1 Å². The van der Waals surface area contributed by atoms with Crippen molar-refractivity contribution in [3.05, 3.63) is 52.8 Å². The van der Waals surface area contributed by atoms with Crippen molar-refractivity contribution in [2.45, 2.75) is 32.4 Å². The number of nitrogens with zero attached hydrogens (tertiary/aromatic N) is 4. The zero-order chi connectivity index (χ0) is 13.9. The van der Waals surface area contributed by atoms with Gasteiger partial charge < -0.3 is 0 Å². The van der Waals surface area contributed by atoms with Crippen molar-refractivity contribution in [2.24, 2.45) is 0 Å². The van der Waals surface area contributed by atoms with Gasteiger partial charge in [0.25, 0.3) is 0 Å². The number of hydrogen-bond acceptors (Lipinski definition) is 4. The van der Waals surface area contributed by atoms with Crippen LogP contribution in [-0.4, -0.2) is 26.4 Å². The number of aryl methyl sites for hydroxylation is 1. The number of pyridine rings is 1. The molecule has 0 bridgehead atoms. The summed E-state index contributed by atoms with van der Waals surface area (Å²) in [5, 5.41) is 0.677. The number of halogens is 1. The largest absolute Gasteiger partial charge is 0.289 e. The van der Waals surface area contributed by atoms with E-state index in [1.807, 2.05) is 25.3 Å². The Hall–Kier alpha value is -1.52. The highest BCUT2D eigenvalue weighted by Gasteiger charge is 2.27. The molecule has 1 aliphatic rings. The summed E-state index contributed by atoms with van der Waals surface area (Å²) in [6.45, 7) is 3.89. The van der Waals surface area contributed by atoms with Crippen LogP contribution in [0.25, 0.3) is 0 Å². The summed E-state index contributed by atoms with van der Waals surface area (Å²) in [6.07, 6.45) is 7.70. The average Bonchev–Trinajstić information content (AvgIpc) is 2.89. The van der Waals surface area contributed by atoms with Crippen LogP contribution < -0.4 is 0 Å². The van der Waals surface area contributed by atoms with Gasteiger partial charge in [-0.05, 0) is 38.4 Å². The van der Waals surface area contributed by atoms with Crippen LogP contribution in [0.1, 0.15) is 36.0 Å². The zero-order valence-electron chi connectivity index (χ0n) is 11.5. The zero-order valence-corrected chi connectivity index (χ0v) is 12.2. The summed E-state index contributed by atoms with van der Waals surface area (Å²) < 4.78 is 0. The molecule has 0 amide bonds. The summed E-state index contributed by atoms with van der Waals surface area (Å²) in [6, 6.07) is 4.22. The molecule has 0 radical (unpaired) electrons. The Labute approximate surface area is 123 Å². The van der Waals surface area contributed by atoms with Crippen molar-refractivity contribution < 1.29 is 0 Å². The van der Waals surface area contributed by atoms with Crippen LogP contribution in [0.4, 0.5) is 0 Å². The van der Waals surface area contributed by atoms with E-state index in [1.165, 1.54) is 6.42 Å². The maximum Gasteiger partial charge on any atom is 0.0761 e. The third kappa shape index (κ3) is 2.97. The average molecular weight is 289 g/mol. The van der Waals surface area contributed by atoms with Gasteiger partial charge in [0.2, 0.25) is 0 Å². The molecule has 1 unspecified atom stereocenters. The smallest absolute Gasteiger partial charge is 0.0761 e. The fraction of sp³-hybridized carbons (Fsp3) is 0.400. The Balaban J connectivity index is 1.77. The van der Waals surface area contributed by atoms with Crippen LogP contribution in [0.2, 0.25) is 5.02 Å². The van der Waals surface area contributed by atoms with Gasteiger partial charge in [-0.1, -0.05) is 11.6 Å². The topological polar surface area (TPSA) is 41.9 Å². The van der Waals surface area contributed by atoms with Crippen molar-refractivity contribution in [2.75, 3.05) is 6.54 Å². The predicted octanol–water partition coefficient (Wildman–Crippen LogP) is 3.17. The number of likely N-dealkylation sites (tertiary alicyclic amines) is 1. The number of aromatic nitrogens is 3. The lowest BCUT2D eigenvalue weighted by Crippen LogP contribution is -2.24. The normalized spacial score (nSPS) is 19.4. The molecule has 2 aromatic heterocycles. The third-order valence-electron chi connectivity index (χ3n) is 3.63. The minimum absolute atomic E-state index is 0.347. The lowest BCUT2D eigenvalue weighted by molar-refractivity contribution is 0.241. The Morgan fingerprint density at radius 3 is 2.95 bits per heavy atom. The molecule has 104 valence electrons. The van der Waals surface area contributed by atoms with Crippen LogP contribution in [0, 0.1) is 6.92 Å². The molecule has 5 heteroatoms. The summed E-state index contributed by atoms with van der Waals surface area (Å²) in [7, 11) is 0. The van der Waals surface area contributed by atoms with E-state index in [2.05, 4.69) is 19.9 Å². The first-order valence-electron chi connectivity index (χ1n) is 6.85. The van der Waals surface area contributed by atoms with Crippen molar-refractivity contribution in [3.8, 4) is 0 Å². The van der Waals surface area contributed by atoms with E-state index in [-0.39, 0.29) is 0 Å². The van der Waals surface area contributed by atoms with Crippen molar-refractivity contribution in [3.63, 3.8) is 0 Å². The summed E-state index contributed by atoms with van der Waals surface area (Å²) in [5.74, 6) is 0. The standard InChI is InChI=1S/C15H17ClN4/c1-11-7-17-9-14(19-11)15-3-2-6-20(15)10-13-5-4-12(16)8-18-13/h4-5,7-9,15H,2-3,6,10H2,1H3. The van der Waals surface area contributed by atoms with E-state index in [0.717, 1.165) is 36.6 Å². The molecule has 0 aliphatic carbocycles. The fourth-order valence-electron chi connectivity index (χ4n) is 2.70. The molecule has 1 atom stereocenters. The summed E-state index contributed by atoms with van der Waals surface area (Å²) >= 11 is 5.88. The molecule has 1 saturated heterocycles. The number of rotatable bonds is 3. The Morgan fingerprint density at radius 1 is 1.30 bits per heavy atom. The Kier molecular flexibility index (Phi) is 3.94. The molecule has 1 fully saturated rings.